The standard InChI is InChI=1S/C16H21NO3/c1-4-17(13(2)12-20-3)16(19)15-9-5-7-14(11-15)8-6-10-18/h5,7,9,11,13,18H,4,10,12H2,1-3H3. The number of rotatable bonds is 5. The van der Waals surface area contributed by atoms with E-state index in [1.54, 1.807) is 30.2 Å². The molecule has 4 nitrogen and oxygen atoms in total. The summed E-state index contributed by atoms with van der Waals surface area (Å²) >= 11 is 0. The minimum absolute atomic E-state index is 0.0182. The van der Waals surface area contributed by atoms with E-state index in [4.69, 9.17) is 9.84 Å². The smallest absolute Gasteiger partial charge is 0.254 e. The molecule has 0 aromatic heterocycles. The Morgan fingerprint density at radius 3 is 2.85 bits per heavy atom. The fourth-order valence-electron chi connectivity index (χ4n) is 2.02. The summed E-state index contributed by atoms with van der Waals surface area (Å²) in [7, 11) is 1.62. The lowest BCUT2D eigenvalue weighted by Gasteiger charge is -2.27. The molecule has 1 atom stereocenters. The molecule has 0 fully saturated rings. The number of likely N-dealkylation sites (N-methyl/N-ethyl adjacent to an activating group) is 1. The number of hydrogen-bond donors (Lipinski definition) is 1. The molecule has 0 aliphatic rings. The zero-order chi connectivity index (χ0) is 15.0. The zero-order valence-electron chi connectivity index (χ0n) is 12.2. The van der Waals surface area contributed by atoms with Crippen LogP contribution in [0.25, 0.3) is 0 Å². The Balaban J connectivity index is 2.95. The lowest BCUT2D eigenvalue weighted by Crippen LogP contribution is -2.40. The Labute approximate surface area is 120 Å². The number of hydrogen-bond acceptors (Lipinski definition) is 3. The van der Waals surface area contributed by atoms with Gasteiger partial charge in [-0.05, 0) is 32.0 Å². The number of benzene rings is 1. The van der Waals surface area contributed by atoms with E-state index in [1.807, 2.05) is 19.9 Å². The third-order valence-electron chi connectivity index (χ3n) is 2.96. The number of aliphatic hydroxyl groups excluding tert-OH is 1. The largest absolute Gasteiger partial charge is 0.384 e. The normalized spacial score (nSPS) is 11.4. The van der Waals surface area contributed by atoms with Crippen LogP contribution in [-0.2, 0) is 4.74 Å². The van der Waals surface area contributed by atoms with Crippen LogP contribution in [0.15, 0.2) is 24.3 Å². The number of ether oxygens (including phenoxy) is 1. The highest BCUT2D eigenvalue weighted by Crippen LogP contribution is 2.11. The molecule has 1 rings (SSSR count). The highest BCUT2D eigenvalue weighted by molar-refractivity contribution is 5.94. The highest BCUT2D eigenvalue weighted by atomic mass is 16.5. The van der Waals surface area contributed by atoms with Crippen molar-refractivity contribution in [3.05, 3.63) is 35.4 Å². The van der Waals surface area contributed by atoms with Gasteiger partial charge < -0.3 is 14.7 Å². The van der Waals surface area contributed by atoms with Crippen LogP contribution < -0.4 is 0 Å². The van der Waals surface area contributed by atoms with Gasteiger partial charge in [-0.3, -0.25) is 4.79 Å². The number of carbonyl (C=O) groups excluding carboxylic acids is 1. The van der Waals surface area contributed by atoms with Crippen molar-refractivity contribution >= 4 is 5.91 Å². The van der Waals surface area contributed by atoms with E-state index in [2.05, 4.69) is 11.8 Å². The van der Waals surface area contributed by atoms with Gasteiger partial charge in [0.25, 0.3) is 5.91 Å². The Kier molecular flexibility index (Phi) is 6.78. The number of aliphatic hydroxyl groups is 1. The first kappa shape index (κ1) is 16.2. The molecule has 0 aliphatic heterocycles. The van der Waals surface area contributed by atoms with Crippen molar-refractivity contribution in [1.82, 2.24) is 4.90 Å². The second kappa shape index (κ2) is 8.36. The molecule has 1 N–H and O–H groups in total. The third kappa shape index (κ3) is 4.37. The van der Waals surface area contributed by atoms with E-state index >= 15 is 0 Å². The summed E-state index contributed by atoms with van der Waals surface area (Å²) in [5.74, 6) is 5.35. The average molecular weight is 275 g/mol. The molecule has 0 radical (unpaired) electrons. The van der Waals surface area contributed by atoms with Crippen molar-refractivity contribution in [3.63, 3.8) is 0 Å². The monoisotopic (exact) mass is 275 g/mol. The summed E-state index contributed by atoms with van der Waals surface area (Å²) in [5, 5.41) is 8.70. The second-order valence-electron chi connectivity index (χ2n) is 4.44. The van der Waals surface area contributed by atoms with E-state index in [9.17, 15) is 4.79 Å². The summed E-state index contributed by atoms with van der Waals surface area (Å²) in [6.45, 7) is 4.84. The molecule has 1 aromatic carbocycles. The Hall–Kier alpha value is -1.83. The maximum atomic E-state index is 12.5. The summed E-state index contributed by atoms with van der Waals surface area (Å²) in [4.78, 5) is 14.3. The maximum Gasteiger partial charge on any atom is 0.254 e. The molecule has 0 spiro atoms. The molecule has 0 heterocycles. The van der Waals surface area contributed by atoms with Gasteiger partial charge in [0.05, 0.1) is 12.6 Å². The molecule has 4 heteroatoms. The lowest BCUT2D eigenvalue weighted by molar-refractivity contribution is 0.0579. The first-order valence-corrected chi connectivity index (χ1v) is 6.63. The summed E-state index contributed by atoms with van der Waals surface area (Å²) in [6.07, 6.45) is 0. The fourth-order valence-corrected chi connectivity index (χ4v) is 2.02. The summed E-state index contributed by atoms with van der Waals surface area (Å²) in [5.41, 5.74) is 1.32. The van der Waals surface area contributed by atoms with E-state index in [1.165, 1.54) is 0 Å². The molecule has 0 aliphatic carbocycles. The van der Waals surface area contributed by atoms with Crippen molar-refractivity contribution in [2.24, 2.45) is 0 Å². The first-order chi connectivity index (χ1) is 9.63. The van der Waals surface area contributed by atoms with Crippen LogP contribution in [0, 0.1) is 11.8 Å². The second-order valence-corrected chi connectivity index (χ2v) is 4.44. The molecule has 108 valence electrons. The Morgan fingerprint density at radius 2 is 2.25 bits per heavy atom. The Bertz CT molecular complexity index is 502. The number of methoxy groups -OCH3 is 1. The van der Waals surface area contributed by atoms with Gasteiger partial charge in [-0.1, -0.05) is 17.9 Å². The van der Waals surface area contributed by atoms with Gasteiger partial charge in [-0.25, -0.2) is 0 Å². The van der Waals surface area contributed by atoms with E-state index < -0.39 is 0 Å². The van der Waals surface area contributed by atoms with Crippen molar-refractivity contribution < 1.29 is 14.6 Å². The van der Waals surface area contributed by atoms with Gasteiger partial charge in [-0.15, -0.1) is 0 Å². The molecule has 1 aromatic rings. The highest BCUT2D eigenvalue weighted by Gasteiger charge is 2.19. The minimum atomic E-state index is -0.190. The average Bonchev–Trinajstić information content (AvgIpc) is 2.46. The SMILES string of the molecule is CCN(C(=O)c1cccc(C#CCO)c1)C(C)COC. The maximum absolute atomic E-state index is 12.5. The minimum Gasteiger partial charge on any atom is -0.384 e. The van der Waals surface area contributed by atoms with Crippen LogP contribution in [0.4, 0.5) is 0 Å². The van der Waals surface area contributed by atoms with Crippen molar-refractivity contribution in [2.45, 2.75) is 19.9 Å². The van der Waals surface area contributed by atoms with Crippen LogP contribution in [0.1, 0.15) is 29.8 Å². The van der Waals surface area contributed by atoms with Crippen LogP contribution >= 0.6 is 0 Å². The number of nitrogens with zero attached hydrogens (tertiary/aromatic N) is 1. The number of amides is 1. The quantitative estimate of drug-likeness (QED) is 0.829. The van der Waals surface area contributed by atoms with E-state index in [0.717, 1.165) is 5.56 Å². The number of carbonyl (C=O) groups is 1. The van der Waals surface area contributed by atoms with Gasteiger partial charge in [0, 0.05) is 24.8 Å². The van der Waals surface area contributed by atoms with Gasteiger partial charge in [0.1, 0.15) is 6.61 Å². The van der Waals surface area contributed by atoms with Crippen molar-refractivity contribution in [1.29, 1.82) is 0 Å². The van der Waals surface area contributed by atoms with Gasteiger partial charge in [0.2, 0.25) is 0 Å². The van der Waals surface area contributed by atoms with Crippen LogP contribution in [0.2, 0.25) is 0 Å². The molecule has 0 saturated heterocycles. The first-order valence-electron chi connectivity index (χ1n) is 6.63. The molecule has 1 amide bonds. The molecule has 0 bridgehead atoms. The van der Waals surface area contributed by atoms with Crippen molar-refractivity contribution in [3.8, 4) is 11.8 Å². The molecule has 1 unspecified atom stereocenters. The zero-order valence-corrected chi connectivity index (χ0v) is 12.2. The van der Waals surface area contributed by atoms with E-state index in [0.29, 0.717) is 18.7 Å². The summed E-state index contributed by atoms with van der Waals surface area (Å²) < 4.78 is 5.11. The molecule has 0 saturated carbocycles. The molecular weight excluding hydrogens is 254 g/mol. The third-order valence-corrected chi connectivity index (χ3v) is 2.96. The van der Waals surface area contributed by atoms with Gasteiger partial charge >= 0.3 is 0 Å². The molecule has 20 heavy (non-hydrogen) atoms. The van der Waals surface area contributed by atoms with E-state index in [-0.39, 0.29) is 18.6 Å². The van der Waals surface area contributed by atoms with Gasteiger partial charge in [0.15, 0.2) is 0 Å². The van der Waals surface area contributed by atoms with Crippen LogP contribution in [0.5, 0.6) is 0 Å². The summed E-state index contributed by atoms with van der Waals surface area (Å²) in [6, 6.07) is 7.14. The predicted octanol–water partition coefficient (Wildman–Crippen LogP) is 1.53. The fraction of sp³-hybridized carbons (Fsp3) is 0.438. The molecular formula is C16H21NO3. The predicted molar refractivity (Wildman–Crippen MR) is 78.5 cm³/mol. The van der Waals surface area contributed by atoms with Crippen molar-refractivity contribution in [2.75, 3.05) is 26.9 Å². The Morgan fingerprint density at radius 1 is 1.50 bits per heavy atom. The van der Waals surface area contributed by atoms with Gasteiger partial charge in [-0.2, -0.15) is 0 Å². The topological polar surface area (TPSA) is 49.8 Å². The van der Waals surface area contributed by atoms with Crippen LogP contribution in [-0.4, -0.2) is 48.8 Å². The lowest BCUT2D eigenvalue weighted by atomic mass is 10.1. The van der Waals surface area contributed by atoms with Crippen LogP contribution in [0.3, 0.4) is 0 Å².